The first kappa shape index (κ1) is 13.9. The van der Waals surface area contributed by atoms with Crippen molar-refractivity contribution in [1.82, 2.24) is 0 Å². The average molecular weight is 270 g/mol. The summed E-state index contributed by atoms with van der Waals surface area (Å²) in [6.07, 6.45) is 0. The number of anilines is 3. The van der Waals surface area contributed by atoms with Gasteiger partial charge in [0.1, 0.15) is 0 Å². The number of ether oxygens (including phenoxy) is 1. The molecule has 0 aromatic heterocycles. The van der Waals surface area contributed by atoms with Gasteiger partial charge >= 0.3 is 5.97 Å². The molecule has 0 aliphatic carbocycles. The van der Waals surface area contributed by atoms with Gasteiger partial charge < -0.3 is 15.8 Å². The average Bonchev–Trinajstić information content (AvgIpc) is 2.43. The fourth-order valence-corrected chi connectivity index (χ4v) is 1.94. The lowest BCUT2D eigenvalue weighted by atomic mass is 10.1. The van der Waals surface area contributed by atoms with Crippen molar-refractivity contribution >= 4 is 23.0 Å². The number of nitrogens with one attached hydrogen (secondary N) is 1. The molecule has 0 aliphatic rings. The van der Waals surface area contributed by atoms with E-state index >= 15 is 0 Å². The summed E-state index contributed by atoms with van der Waals surface area (Å²) in [6, 6.07) is 13.0. The number of nitrogens with two attached hydrogens (primary N) is 1. The molecular weight excluding hydrogens is 252 g/mol. The lowest BCUT2D eigenvalue weighted by molar-refractivity contribution is 0.0527. The van der Waals surface area contributed by atoms with Gasteiger partial charge in [-0.2, -0.15) is 0 Å². The summed E-state index contributed by atoms with van der Waals surface area (Å²) in [4.78, 5) is 12.0. The van der Waals surface area contributed by atoms with Crippen LogP contribution in [-0.4, -0.2) is 12.6 Å². The fourth-order valence-electron chi connectivity index (χ4n) is 1.94. The van der Waals surface area contributed by atoms with Crippen molar-refractivity contribution in [3.05, 3.63) is 53.6 Å². The Bertz CT molecular complexity index is 624. The number of carbonyl (C=O) groups excluding carboxylic acids is 1. The number of hydrogen-bond acceptors (Lipinski definition) is 4. The van der Waals surface area contributed by atoms with Crippen LogP contribution in [0.4, 0.5) is 17.1 Å². The van der Waals surface area contributed by atoms with E-state index in [1.54, 1.807) is 25.1 Å². The first-order chi connectivity index (χ1) is 9.63. The van der Waals surface area contributed by atoms with Crippen molar-refractivity contribution in [3.63, 3.8) is 0 Å². The zero-order valence-corrected chi connectivity index (χ0v) is 11.6. The molecule has 0 bridgehead atoms. The van der Waals surface area contributed by atoms with Crippen molar-refractivity contribution in [1.29, 1.82) is 0 Å². The molecule has 104 valence electrons. The lowest BCUT2D eigenvalue weighted by Gasteiger charge is -2.15. The van der Waals surface area contributed by atoms with Crippen LogP contribution in [0.3, 0.4) is 0 Å². The van der Waals surface area contributed by atoms with Gasteiger partial charge in [0.05, 0.1) is 23.5 Å². The fraction of sp³-hybridized carbons (Fsp3) is 0.188. The molecule has 2 rings (SSSR count). The highest BCUT2D eigenvalue weighted by Gasteiger charge is 2.15. The van der Waals surface area contributed by atoms with Crippen molar-refractivity contribution in [2.45, 2.75) is 13.8 Å². The van der Waals surface area contributed by atoms with Gasteiger partial charge in [-0.1, -0.05) is 24.3 Å². The molecule has 0 radical (unpaired) electrons. The number of nitrogen functional groups attached to an aromatic ring is 1. The van der Waals surface area contributed by atoms with E-state index < -0.39 is 0 Å². The Morgan fingerprint density at radius 2 is 1.95 bits per heavy atom. The van der Waals surface area contributed by atoms with Crippen LogP contribution in [0.5, 0.6) is 0 Å². The molecule has 4 nitrogen and oxygen atoms in total. The van der Waals surface area contributed by atoms with Crippen LogP contribution in [0.15, 0.2) is 42.5 Å². The molecule has 0 spiro atoms. The second-order valence-corrected chi connectivity index (χ2v) is 4.43. The highest BCUT2D eigenvalue weighted by molar-refractivity contribution is 6.00. The maximum Gasteiger partial charge on any atom is 0.340 e. The highest BCUT2D eigenvalue weighted by Crippen LogP contribution is 2.29. The number of aryl methyl sites for hydroxylation is 1. The summed E-state index contributed by atoms with van der Waals surface area (Å²) in [5.41, 5.74) is 9.51. The number of rotatable bonds is 4. The summed E-state index contributed by atoms with van der Waals surface area (Å²) < 4.78 is 5.06. The number of benzene rings is 2. The quantitative estimate of drug-likeness (QED) is 0.659. The van der Waals surface area contributed by atoms with Gasteiger partial charge in [-0.15, -0.1) is 0 Å². The Kier molecular flexibility index (Phi) is 4.25. The molecule has 2 aromatic carbocycles. The summed E-state index contributed by atoms with van der Waals surface area (Å²) in [6.45, 7) is 4.10. The molecule has 0 atom stereocenters. The Balaban J connectivity index is 2.40. The van der Waals surface area contributed by atoms with E-state index in [0.717, 1.165) is 11.3 Å². The Labute approximate surface area is 118 Å². The van der Waals surface area contributed by atoms with Crippen molar-refractivity contribution < 1.29 is 9.53 Å². The molecule has 0 saturated carbocycles. The molecule has 0 saturated heterocycles. The summed E-state index contributed by atoms with van der Waals surface area (Å²) in [7, 11) is 0. The van der Waals surface area contributed by atoms with E-state index in [9.17, 15) is 4.79 Å². The molecule has 2 aromatic rings. The second-order valence-electron chi connectivity index (χ2n) is 4.43. The number of esters is 1. The van der Waals surface area contributed by atoms with Gasteiger partial charge in [0.25, 0.3) is 0 Å². The van der Waals surface area contributed by atoms with Crippen LogP contribution in [-0.2, 0) is 4.74 Å². The van der Waals surface area contributed by atoms with Gasteiger partial charge in [0.2, 0.25) is 0 Å². The van der Waals surface area contributed by atoms with Crippen molar-refractivity contribution in [3.8, 4) is 0 Å². The number of carbonyl (C=O) groups is 1. The molecule has 20 heavy (non-hydrogen) atoms. The number of para-hydroxylation sites is 2. The standard InChI is InChI=1S/C16H18N2O2/c1-3-20-16(19)12-8-6-9-13(17)15(12)18-14-10-5-4-7-11(14)2/h4-10,18H,3,17H2,1-2H3. The van der Waals surface area contributed by atoms with Crippen LogP contribution in [0.2, 0.25) is 0 Å². The van der Waals surface area contributed by atoms with Crippen molar-refractivity contribution in [2.75, 3.05) is 17.7 Å². The van der Waals surface area contributed by atoms with Gasteiger partial charge in [-0.25, -0.2) is 4.79 Å². The van der Waals surface area contributed by atoms with Gasteiger partial charge in [-0.05, 0) is 37.6 Å². The van der Waals surface area contributed by atoms with E-state index in [4.69, 9.17) is 10.5 Å². The number of hydrogen-bond donors (Lipinski definition) is 2. The van der Waals surface area contributed by atoms with E-state index in [0.29, 0.717) is 23.5 Å². The topological polar surface area (TPSA) is 64.3 Å². The van der Waals surface area contributed by atoms with E-state index in [-0.39, 0.29) is 5.97 Å². The normalized spacial score (nSPS) is 10.1. The predicted molar refractivity (Wildman–Crippen MR) is 81.3 cm³/mol. The minimum Gasteiger partial charge on any atom is -0.462 e. The van der Waals surface area contributed by atoms with Crippen LogP contribution < -0.4 is 11.1 Å². The first-order valence-electron chi connectivity index (χ1n) is 6.51. The van der Waals surface area contributed by atoms with Gasteiger partial charge in [-0.3, -0.25) is 0 Å². The SMILES string of the molecule is CCOC(=O)c1cccc(N)c1Nc1ccccc1C. The molecule has 4 heteroatoms. The summed E-state index contributed by atoms with van der Waals surface area (Å²) in [5.74, 6) is -0.379. The zero-order valence-electron chi connectivity index (χ0n) is 11.6. The molecule has 3 N–H and O–H groups in total. The predicted octanol–water partition coefficient (Wildman–Crippen LogP) is 3.50. The molecule has 0 amide bonds. The van der Waals surface area contributed by atoms with E-state index in [1.807, 2.05) is 31.2 Å². The first-order valence-corrected chi connectivity index (χ1v) is 6.51. The van der Waals surface area contributed by atoms with Crippen LogP contribution in [0.25, 0.3) is 0 Å². The maximum atomic E-state index is 12.0. The Hall–Kier alpha value is -2.49. The van der Waals surface area contributed by atoms with Gasteiger partial charge in [0.15, 0.2) is 0 Å². The minimum absolute atomic E-state index is 0.331. The molecule has 0 fully saturated rings. The summed E-state index contributed by atoms with van der Waals surface area (Å²) in [5, 5.41) is 3.22. The molecule has 0 unspecified atom stereocenters. The van der Waals surface area contributed by atoms with Crippen molar-refractivity contribution in [2.24, 2.45) is 0 Å². The Morgan fingerprint density at radius 3 is 2.65 bits per heavy atom. The maximum absolute atomic E-state index is 12.0. The highest BCUT2D eigenvalue weighted by atomic mass is 16.5. The van der Waals surface area contributed by atoms with Crippen LogP contribution >= 0.6 is 0 Å². The smallest absolute Gasteiger partial charge is 0.340 e. The van der Waals surface area contributed by atoms with Crippen LogP contribution in [0, 0.1) is 6.92 Å². The third kappa shape index (κ3) is 2.91. The van der Waals surface area contributed by atoms with E-state index in [1.165, 1.54) is 0 Å². The zero-order chi connectivity index (χ0) is 14.5. The van der Waals surface area contributed by atoms with Gasteiger partial charge in [0, 0.05) is 5.69 Å². The van der Waals surface area contributed by atoms with E-state index in [2.05, 4.69) is 5.32 Å². The van der Waals surface area contributed by atoms with Crippen LogP contribution in [0.1, 0.15) is 22.8 Å². The lowest BCUT2D eigenvalue weighted by Crippen LogP contribution is -2.10. The molecule has 0 heterocycles. The largest absolute Gasteiger partial charge is 0.462 e. The summed E-state index contributed by atoms with van der Waals surface area (Å²) >= 11 is 0. The molecular formula is C16H18N2O2. The third-order valence-electron chi connectivity index (χ3n) is 3.00. The second kappa shape index (κ2) is 6.10. The minimum atomic E-state index is -0.379. The Morgan fingerprint density at radius 1 is 1.20 bits per heavy atom. The third-order valence-corrected chi connectivity index (χ3v) is 3.00. The monoisotopic (exact) mass is 270 g/mol. The molecule has 0 aliphatic heterocycles.